The molecule has 0 saturated carbocycles. The van der Waals surface area contributed by atoms with Gasteiger partial charge < -0.3 is 10.2 Å². The number of hydrogen-bond donors (Lipinski definition) is 1. The molecular formula is C20H22N2O. The molecule has 1 saturated heterocycles. The molecule has 1 atom stereocenters. The number of carbonyl (C=O) groups excluding carboxylic acids is 1. The van der Waals surface area contributed by atoms with Crippen LogP contribution in [0.4, 0.5) is 5.69 Å². The Morgan fingerprint density at radius 3 is 2.91 bits per heavy atom. The number of anilines is 1. The van der Waals surface area contributed by atoms with E-state index in [1.54, 1.807) is 0 Å². The lowest BCUT2D eigenvalue weighted by molar-refractivity contribution is 0.0736. The Kier molecular flexibility index (Phi) is 3.78. The van der Waals surface area contributed by atoms with Crippen molar-refractivity contribution in [3.8, 4) is 0 Å². The highest BCUT2D eigenvalue weighted by Gasteiger charge is 2.29. The zero-order valence-corrected chi connectivity index (χ0v) is 13.3. The summed E-state index contributed by atoms with van der Waals surface area (Å²) in [7, 11) is 0. The first-order chi connectivity index (χ1) is 11.3. The minimum atomic E-state index is 0.193. The summed E-state index contributed by atoms with van der Waals surface area (Å²) in [4.78, 5) is 15.0. The molecule has 3 nitrogen and oxygen atoms in total. The van der Waals surface area contributed by atoms with Gasteiger partial charge >= 0.3 is 0 Å². The van der Waals surface area contributed by atoms with Crippen LogP contribution >= 0.6 is 0 Å². The standard InChI is InChI=1S/C20H22N2O/c23-20(17-8-9-19-16(14-17)10-11-21-19)22-12-4-7-18(22)13-15-5-2-1-3-6-15/h1-3,5-6,8-9,14,18,21H,4,7,10-13H2. The Hall–Kier alpha value is -2.29. The van der Waals surface area contributed by atoms with Crippen molar-refractivity contribution in [1.82, 2.24) is 4.90 Å². The van der Waals surface area contributed by atoms with E-state index in [0.717, 1.165) is 44.3 Å². The molecule has 1 fully saturated rings. The highest BCUT2D eigenvalue weighted by atomic mass is 16.2. The van der Waals surface area contributed by atoms with Gasteiger partial charge in [-0.1, -0.05) is 30.3 Å². The van der Waals surface area contributed by atoms with Crippen molar-refractivity contribution in [3.05, 3.63) is 65.2 Å². The van der Waals surface area contributed by atoms with Crippen LogP contribution < -0.4 is 5.32 Å². The predicted octanol–water partition coefficient (Wildman–Crippen LogP) is 3.50. The first-order valence-electron chi connectivity index (χ1n) is 8.53. The van der Waals surface area contributed by atoms with Gasteiger partial charge in [0.1, 0.15) is 0 Å². The average Bonchev–Trinajstić information content (AvgIpc) is 3.23. The van der Waals surface area contributed by atoms with Crippen LogP contribution in [0.15, 0.2) is 48.5 Å². The monoisotopic (exact) mass is 306 g/mol. The van der Waals surface area contributed by atoms with Gasteiger partial charge in [-0.2, -0.15) is 0 Å². The summed E-state index contributed by atoms with van der Waals surface area (Å²) in [6.45, 7) is 1.86. The van der Waals surface area contributed by atoms with Crippen LogP contribution in [0.25, 0.3) is 0 Å². The second-order valence-electron chi connectivity index (χ2n) is 6.53. The van der Waals surface area contributed by atoms with Gasteiger partial charge in [-0.25, -0.2) is 0 Å². The molecule has 2 aliphatic heterocycles. The van der Waals surface area contributed by atoms with Crippen molar-refractivity contribution in [2.45, 2.75) is 31.7 Å². The molecule has 23 heavy (non-hydrogen) atoms. The summed E-state index contributed by atoms with van der Waals surface area (Å²) in [6.07, 6.45) is 4.19. The predicted molar refractivity (Wildman–Crippen MR) is 92.8 cm³/mol. The molecule has 0 spiro atoms. The summed E-state index contributed by atoms with van der Waals surface area (Å²) < 4.78 is 0. The number of nitrogens with one attached hydrogen (secondary N) is 1. The van der Waals surface area contributed by atoms with Crippen molar-refractivity contribution in [2.75, 3.05) is 18.4 Å². The molecule has 2 aliphatic rings. The maximum Gasteiger partial charge on any atom is 0.254 e. The third-order valence-corrected chi connectivity index (χ3v) is 5.01. The van der Waals surface area contributed by atoms with E-state index in [1.807, 2.05) is 12.1 Å². The summed E-state index contributed by atoms with van der Waals surface area (Å²) in [5.41, 5.74) is 4.61. The molecule has 2 aromatic carbocycles. The normalized spacial score (nSPS) is 19.5. The topological polar surface area (TPSA) is 32.3 Å². The fourth-order valence-corrected chi connectivity index (χ4v) is 3.81. The van der Waals surface area contributed by atoms with Crippen LogP contribution in [-0.4, -0.2) is 29.9 Å². The van der Waals surface area contributed by atoms with Crippen LogP contribution in [0.3, 0.4) is 0 Å². The second kappa shape index (κ2) is 6.07. The molecular weight excluding hydrogens is 284 g/mol. The van der Waals surface area contributed by atoms with Crippen LogP contribution in [0.2, 0.25) is 0 Å². The van der Waals surface area contributed by atoms with E-state index in [2.05, 4.69) is 46.6 Å². The highest BCUT2D eigenvalue weighted by Crippen LogP contribution is 2.27. The van der Waals surface area contributed by atoms with Crippen molar-refractivity contribution < 1.29 is 4.79 Å². The number of rotatable bonds is 3. The fraction of sp³-hybridized carbons (Fsp3) is 0.350. The summed E-state index contributed by atoms with van der Waals surface area (Å²) in [5, 5.41) is 3.35. The number of benzene rings is 2. The second-order valence-corrected chi connectivity index (χ2v) is 6.53. The van der Waals surface area contributed by atoms with E-state index < -0.39 is 0 Å². The van der Waals surface area contributed by atoms with E-state index in [0.29, 0.717) is 6.04 Å². The van der Waals surface area contributed by atoms with Crippen LogP contribution in [-0.2, 0) is 12.8 Å². The Morgan fingerprint density at radius 2 is 2.04 bits per heavy atom. The summed E-state index contributed by atoms with van der Waals surface area (Å²) >= 11 is 0. The van der Waals surface area contributed by atoms with Crippen LogP contribution in [0.1, 0.15) is 34.3 Å². The van der Waals surface area contributed by atoms with Crippen molar-refractivity contribution in [1.29, 1.82) is 0 Å². The first kappa shape index (κ1) is 14.3. The van der Waals surface area contributed by atoms with Gasteiger partial charge in [-0.3, -0.25) is 4.79 Å². The lowest BCUT2D eigenvalue weighted by Gasteiger charge is -2.25. The van der Waals surface area contributed by atoms with Crippen molar-refractivity contribution in [3.63, 3.8) is 0 Å². The molecule has 2 aromatic rings. The maximum atomic E-state index is 13.0. The molecule has 0 aliphatic carbocycles. The van der Waals surface area contributed by atoms with E-state index in [-0.39, 0.29) is 5.91 Å². The largest absolute Gasteiger partial charge is 0.384 e. The summed E-state index contributed by atoms with van der Waals surface area (Å²) in [6, 6.07) is 16.9. The summed E-state index contributed by atoms with van der Waals surface area (Å²) in [5.74, 6) is 0.193. The lowest BCUT2D eigenvalue weighted by atomic mass is 10.0. The van der Waals surface area contributed by atoms with Gasteiger partial charge in [0.05, 0.1) is 0 Å². The number of amides is 1. The molecule has 118 valence electrons. The van der Waals surface area contributed by atoms with Crippen LogP contribution in [0, 0.1) is 0 Å². The Labute approximate surface area is 137 Å². The van der Waals surface area contributed by atoms with Gasteiger partial charge in [-0.15, -0.1) is 0 Å². The number of hydrogen-bond acceptors (Lipinski definition) is 2. The Balaban J connectivity index is 1.53. The van der Waals surface area contributed by atoms with Gasteiger partial charge in [0.2, 0.25) is 0 Å². The van der Waals surface area contributed by atoms with E-state index >= 15 is 0 Å². The molecule has 0 aromatic heterocycles. The molecule has 1 unspecified atom stereocenters. The van der Waals surface area contributed by atoms with Gasteiger partial charge in [-0.05, 0) is 55.0 Å². The van der Waals surface area contributed by atoms with Crippen molar-refractivity contribution in [2.24, 2.45) is 0 Å². The first-order valence-corrected chi connectivity index (χ1v) is 8.53. The van der Waals surface area contributed by atoms with Crippen molar-refractivity contribution >= 4 is 11.6 Å². The molecule has 4 rings (SSSR count). The molecule has 1 N–H and O–H groups in total. The van der Waals surface area contributed by atoms with Gasteiger partial charge in [0, 0.05) is 30.4 Å². The fourth-order valence-electron chi connectivity index (χ4n) is 3.81. The third-order valence-electron chi connectivity index (χ3n) is 5.01. The molecule has 2 heterocycles. The SMILES string of the molecule is O=C(c1ccc2c(c1)CCN2)N1CCCC1Cc1ccccc1. The zero-order valence-electron chi connectivity index (χ0n) is 13.3. The third kappa shape index (κ3) is 2.83. The van der Waals surface area contributed by atoms with E-state index in [1.165, 1.54) is 16.8 Å². The smallest absolute Gasteiger partial charge is 0.254 e. The molecule has 0 radical (unpaired) electrons. The highest BCUT2D eigenvalue weighted by molar-refractivity contribution is 5.95. The number of fused-ring (bicyclic) bond motifs is 1. The van der Waals surface area contributed by atoms with E-state index in [9.17, 15) is 4.79 Å². The minimum Gasteiger partial charge on any atom is -0.384 e. The van der Waals surface area contributed by atoms with Crippen LogP contribution in [0.5, 0.6) is 0 Å². The lowest BCUT2D eigenvalue weighted by Crippen LogP contribution is -2.36. The Bertz CT molecular complexity index is 711. The Morgan fingerprint density at radius 1 is 1.17 bits per heavy atom. The average molecular weight is 306 g/mol. The molecule has 1 amide bonds. The number of nitrogens with zero attached hydrogens (tertiary/aromatic N) is 1. The zero-order chi connectivity index (χ0) is 15.6. The quantitative estimate of drug-likeness (QED) is 0.941. The number of carbonyl (C=O) groups is 1. The number of likely N-dealkylation sites (tertiary alicyclic amines) is 1. The van der Waals surface area contributed by atoms with Gasteiger partial charge in [0.15, 0.2) is 0 Å². The minimum absolute atomic E-state index is 0.193. The molecule has 0 bridgehead atoms. The van der Waals surface area contributed by atoms with Gasteiger partial charge in [0.25, 0.3) is 5.91 Å². The molecule has 3 heteroatoms. The van der Waals surface area contributed by atoms with E-state index in [4.69, 9.17) is 0 Å². The maximum absolute atomic E-state index is 13.0.